The second kappa shape index (κ2) is 9.13. The van der Waals surface area contributed by atoms with Gasteiger partial charge in [0.05, 0.1) is 5.56 Å². The van der Waals surface area contributed by atoms with E-state index in [1.165, 1.54) is 18.2 Å². The van der Waals surface area contributed by atoms with E-state index in [0.717, 1.165) is 23.8 Å². The molecule has 1 N–H and O–H groups in total. The summed E-state index contributed by atoms with van der Waals surface area (Å²) in [5, 5.41) is 8.86. The number of carboxylic acids is 1. The molecule has 154 valence electrons. The number of benzene rings is 2. The highest BCUT2D eigenvalue weighted by molar-refractivity contribution is 5.86. The van der Waals surface area contributed by atoms with Crippen LogP contribution in [0.2, 0.25) is 0 Å². The first-order valence-corrected chi connectivity index (χ1v) is 8.74. The van der Waals surface area contributed by atoms with E-state index in [-0.39, 0.29) is 18.2 Å². The highest BCUT2D eigenvalue weighted by Crippen LogP contribution is 2.32. The Kier molecular flexibility index (Phi) is 6.36. The molecule has 3 aromatic rings. The van der Waals surface area contributed by atoms with Crippen molar-refractivity contribution in [1.82, 2.24) is 4.98 Å². The predicted molar refractivity (Wildman–Crippen MR) is 103 cm³/mol. The van der Waals surface area contributed by atoms with Crippen LogP contribution in [0.3, 0.4) is 0 Å². The van der Waals surface area contributed by atoms with Crippen LogP contribution >= 0.6 is 0 Å². The lowest BCUT2D eigenvalue weighted by atomic mass is 10.1. The Hall–Kier alpha value is -3.81. The molecule has 0 fully saturated rings. The van der Waals surface area contributed by atoms with Gasteiger partial charge in [-0.25, -0.2) is 9.78 Å². The number of pyridine rings is 1. The Labute approximate surface area is 170 Å². The maximum atomic E-state index is 12.7. The maximum Gasteiger partial charge on any atom is 0.417 e. The summed E-state index contributed by atoms with van der Waals surface area (Å²) in [5.41, 5.74) is 0.526. The highest BCUT2D eigenvalue weighted by Gasteiger charge is 2.30. The second-order valence-corrected chi connectivity index (χ2v) is 6.13. The van der Waals surface area contributed by atoms with Crippen LogP contribution in [0.15, 0.2) is 72.9 Å². The molecule has 30 heavy (non-hydrogen) atoms. The molecule has 0 radical (unpaired) electrons. The van der Waals surface area contributed by atoms with Gasteiger partial charge in [-0.1, -0.05) is 30.3 Å². The summed E-state index contributed by atoms with van der Waals surface area (Å²) in [6.45, 7) is 0.233. The first-order valence-electron chi connectivity index (χ1n) is 8.74. The van der Waals surface area contributed by atoms with E-state index in [9.17, 15) is 18.0 Å². The van der Waals surface area contributed by atoms with E-state index in [1.54, 1.807) is 6.07 Å². The Bertz CT molecular complexity index is 1030. The molecule has 0 spiro atoms. The van der Waals surface area contributed by atoms with Gasteiger partial charge in [0.1, 0.15) is 18.1 Å². The lowest BCUT2D eigenvalue weighted by Gasteiger charge is -2.12. The summed E-state index contributed by atoms with van der Waals surface area (Å²) in [5.74, 6) is -0.511. The topological polar surface area (TPSA) is 68.7 Å². The second-order valence-electron chi connectivity index (χ2n) is 6.13. The zero-order valence-electron chi connectivity index (χ0n) is 15.5. The number of rotatable bonds is 7. The van der Waals surface area contributed by atoms with Gasteiger partial charge in [-0.3, -0.25) is 0 Å². The molecule has 0 unspecified atom stereocenters. The molecule has 8 heteroatoms. The van der Waals surface area contributed by atoms with Crippen LogP contribution in [0.5, 0.6) is 17.4 Å². The monoisotopic (exact) mass is 415 g/mol. The molecule has 1 heterocycles. The van der Waals surface area contributed by atoms with E-state index in [1.807, 2.05) is 30.3 Å². The van der Waals surface area contributed by atoms with E-state index in [4.69, 9.17) is 14.6 Å². The van der Waals surface area contributed by atoms with Crippen molar-refractivity contribution < 1.29 is 32.5 Å². The summed E-state index contributed by atoms with van der Waals surface area (Å²) < 4.78 is 49.3. The molecule has 0 aliphatic carbocycles. The molecular formula is C22H16F3NO4. The van der Waals surface area contributed by atoms with Crippen molar-refractivity contribution in [3.8, 4) is 17.4 Å². The van der Waals surface area contributed by atoms with Crippen molar-refractivity contribution in [3.05, 3.63) is 89.6 Å². The lowest BCUT2D eigenvalue weighted by Crippen LogP contribution is -2.05. The molecule has 1 aromatic heterocycles. The Morgan fingerprint density at radius 1 is 1.07 bits per heavy atom. The van der Waals surface area contributed by atoms with Gasteiger partial charge in [0, 0.05) is 30.0 Å². The number of hydrogen-bond acceptors (Lipinski definition) is 4. The summed E-state index contributed by atoms with van der Waals surface area (Å²) in [7, 11) is 0. The standard InChI is InChI=1S/C22H16F3NO4/c23-22(24,25)17-8-10-20(26-13-17)30-18-9-6-16(7-11-21(27)28)19(12-18)29-14-15-4-2-1-3-5-15/h1-13H,14H2,(H,27,28). The number of aliphatic carboxylic acids is 1. The number of aromatic nitrogens is 1. The van der Waals surface area contributed by atoms with Crippen molar-refractivity contribution in [3.63, 3.8) is 0 Å². The van der Waals surface area contributed by atoms with Crippen molar-refractivity contribution >= 4 is 12.0 Å². The van der Waals surface area contributed by atoms with Gasteiger partial charge in [-0.05, 0) is 29.8 Å². The van der Waals surface area contributed by atoms with Crippen LogP contribution in [0.4, 0.5) is 13.2 Å². The number of nitrogens with zero attached hydrogens (tertiary/aromatic N) is 1. The summed E-state index contributed by atoms with van der Waals surface area (Å²) in [6, 6.07) is 16.0. The zero-order chi connectivity index (χ0) is 21.6. The number of carboxylic acid groups (broad SMARTS) is 1. The summed E-state index contributed by atoms with van der Waals surface area (Å²) >= 11 is 0. The molecule has 5 nitrogen and oxygen atoms in total. The third-order valence-electron chi connectivity index (χ3n) is 3.91. The Balaban J connectivity index is 1.82. The van der Waals surface area contributed by atoms with Crippen molar-refractivity contribution in [2.75, 3.05) is 0 Å². The minimum atomic E-state index is -4.48. The molecular weight excluding hydrogens is 399 g/mol. The number of halogens is 3. The average molecular weight is 415 g/mol. The fourth-order valence-corrected chi connectivity index (χ4v) is 2.47. The van der Waals surface area contributed by atoms with Gasteiger partial charge in [-0.2, -0.15) is 13.2 Å². The van der Waals surface area contributed by atoms with Crippen LogP contribution in [0, 0.1) is 0 Å². The van der Waals surface area contributed by atoms with Crippen LogP contribution in [0.25, 0.3) is 6.08 Å². The summed E-state index contributed by atoms with van der Waals surface area (Å²) in [4.78, 5) is 14.5. The molecule has 0 saturated carbocycles. The number of alkyl halides is 3. The zero-order valence-corrected chi connectivity index (χ0v) is 15.5. The van der Waals surface area contributed by atoms with Crippen molar-refractivity contribution in [1.29, 1.82) is 0 Å². The third kappa shape index (κ3) is 5.84. The first-order chi connectivity index (χ1) is 14.3. The SMILES string of the molecule is O=C(O)C=Cc1ccc(Oc2ccc(C(F)(F)F)cn2)cc1OCc1ccccc1. The maximum absolute atomic E-state index is 12.7. The Morgan fingerprint density at radius 3 is 2.47 bits per heavy atom. The van der Waals surface area contributed by atoms with Gasteiger partial charge in [0.15, 0.2) is 0 Å². The summed E-state index contributed by atoms with van der Waals surface area (Å²) in [6.07, 6.45) is -1.44. The van der Waals surface area contributed by atoms with Crippen molar-refractivity contribution in [2.24, 2.45) is 0 Å². The molecule has 0 atom stereocenters. The molecule has 0 saturated heterocycles. The Morgan fingerprint density at radius 2 is 1.83 bits per heavy atom. The smallest absolute Gasteiger partial charge is 0.417 e. The van der Waals surface area contributed by atoms with Crippen molar-refractivity contribution in [2.45, 2.75) is 12.8 Å². The van der Waals surface area contributed by atoms with E-state index in [0.29, 0.717) is 17.5 Å². The number of carbonyl (C=O) groups is 1. The van der Waals surface area contributed by atoms with E-state index >= 15 is 0 Å². The molecule has 0 amide bonds. The highest BCUT2D eigenvalue weighted by atomic mass is 19.4. The normalized spacial score (nSPS) is 11.4. The lowest BCUT2D eigenvalue weighted by molar-refractivity contribution is -0.138. The number of ether oxygens (including phenoxy) is 2. The van der Waals surface area contributed by atoms with E-state index in [2.05, 4.69) is 4.98 Å². The van der Waals surface area contributed by atoms with Gasteiger partial charge in [-0.15, -0.1) is 0 Å². The average Bonchev–Trinajstić information content (AvgIpc) is 2.72. The third-order valence-corrected chi connectivity index (χ3v) is 3.91. The van der Waals surface area contributed by atoms with Crippen LogP contribution < -0.4 is 9.47 Å². The minimum absolute atomic E-state index is 0.0224. The molecule has 0 bridgehead atoms. The minimum Gasteiger partial charge on any atom is -0.488 e. The largest absolute Gasteiger partial charge is 0.488 e. The van der Waals surface area contributed by atoms with Crippen LogP contribution in [0.1, 0.15) is 16.7 Å². The fourth-order valence-electron chi connectivity index (χ4n) is 2.47. The fraction of sp³-hybridized carbons (Fsp3) is 0.0909. The predicted octanol–water partition coefficient (Wildman–Crippen LogP) is 5.57. The molecule has 3 rings (SSSR count). The molecule has 2 aromatic carbocycles. The molecule has 0 aliphatic heterocycles. The van der Waals surface area contributed by atoms with Crippen LogP contribution in [-0.2, 0) is 17.6 Å². The van der Waals surface area contributed by atoms with Gasteiger partial charge in [0.2, 0.25) is 5.88 Å². The first kappa shape index (κ1) is 20.9. The van der Waals surface area contributed by atoms with Gasteiger partial charge < -0.3 is 14.6 Å². The quantitative estimate of drug-likeness (QED) is 0.511. The number of hydrogen-bond donors (Lipinski definition) is 1. The van der Waals surface area contributed by atoms with Gasteiger partial charge >= 0.3 is 12.1 Å². The molecule has 0 aliphatic rings. The van der Waals surface area contributed by atoms with Gasteiger partial charge in [0.25, 0.3) is 0 Å². The van der Waals surface area contributed by atoms with Crippen LogP contribution in [-0.4, -0.2) is 16.1 Å². The van der Waals surface area contributed by atoms with E-state index < -0.39 is 17.7 Å².